The van der Waals surface area contributed by atoms with Crippen LogP contribution in [0.4, 0.5) is 0 Å². The van der Waals surface area contributed by atoms with E-state index in [2.05, 4.69) is 0 Å². The quantitative estimate of drug-likeness (QED) is 0.856. The van der Waals surface area contributed by atoms with Crippen molar-refractivity contribution in [3.05, 3.63) is 30.0 Å². The van der Waals surface area contributed by atoms with Gasteiger partial charge in [-0.05, 0) is 31.5 Å². The summed E-state index contributed by atoms with van der Waals surface area (Å²) in [4.78, 5) is 10.8. The Bertz CT molecular complexity index is 569. The van der Waals surface area contributed by atoms with Gasteiger partial charge in [0.2, 0.25) is 0 Å². The van der Waals surface area contributed by atoms with Crippen LogP contribution in [0.5, 0.6) is 5.75 Å². The summed E-state index contributed by atoms with van der Waals surface area (Å²) < 4.78 is 1.98. The minimum Gasteiger partial charge on any atom is -0.507 e. The molecule has 0 atom stereocenters. The fourth-order valence-electron chi connectivity index (χ4n) is 2.10. The lowest BCUT2D eigenvalue weighted by Crippen LogP contribution is -2.00. The highest BCUT2D eigenvalue weighted by atomic mass is 16.4. The highest BCUT2D eigenvalue weighted by Gasteiger charge is 2.15. The molecule has 0 fully saturated rings. The standard InChI is InChI=1S/C13H15NO3/c1-8(2)14-7-9(6-12(16)17)13-10(14)4-3-5-11(13)15/h3-5,7-8,15H,6H2,1-2H3,(H,16,17). The fraction of sp³-hybridized carbons (Fsp3) is 0.308. The van der Waals surface area contributed by atoms with Crippen molar-refractivity contribution >= 4 is 16.9 Å². The van der Waals surface area contributed by atoms with E-state index >= 15 is 0 Å². The highest BCUT2D eigenvalue weighted by molar-refractivity contribution is 5.92. The van der Waals surface area contributed by atoms with E-state index in [-0.39, 0.29) is 18.2 Å². The second kappa shape index (κ2) is 4.13. The Morgan fingerprint density at radius 1 is 1.41 bits per heavy atom. The number of phenolic OH excluding ortho intramolecular Hbond substituents is 1. The number of benzene rings is 1. The van der Waals surface area contributed by atoms with Crippen molar-refractivity contribution in [1.82, 2.24) is 4.57 Å². The number of carboxylic acid groups (broad SMARTS) is 1. The van der Waals surface area contributed by atoms with E-state index in [0.717, 1.165) is 5.52 Å². The summed E-state index contributed by atoms with van der Waals surface area (Å²) in [6, 6.07) is 5.46. The number of hydrogen-bond donors (Lipinski definition) is 2. The molecular weight excluding hydrogens is 218 g/mol. The summed E-state index contributed by atoms with van der Waals surface area (Å²) in [6.45, 7) is 4.04. The third-order valence-corrected chi connectivity index (χ3v) is 2.81. The highest BCUT2D eigenvalue weighted by Crippen LogP contribution is 2.31. The van der Waals surface area contributed by atoms with Crippen LogP contribution in [0.3, 0.4) is 0 Å². The van der Waals surface area contributed by atoms with Crippen molar-refractivity contribution in [3.8, 4) is 5.75 Å². The summed E-state index contributed by atoms with van der Waals surface area (Å²) in [7, 11) is 0. The zero-order valence-corrected chi connectivity index (χ0v) is 9.84. The van der Waals surface area contributed by atoms with Crippen LogP contribution in [0.25, 0.3) is 10.9 Å². The largest absolute Gasteiger partial charge is 0.507 e. The lowest BCUT2D eigenvalue weighted by atomic mass is 10.1. The van der Waals surface area contributed by atoms with Gasteiger partial charge in [-0.3, -0.25) is 4.79 Å². The maximum atomic E-state index is 10.8. The number of fused-ring (bicyclic) bond motifs is 1. The molecule has 0 amide bonds. The zero-order valence-electron chi connectivity index (χ0n) is 9.84. The van der Waals surface area contributed by atoms with E-state index in [9.17, 15) is 9.90 Å². The molecule has 90 valence electrons. The minimum absolute atomic E-state index is 0.0756. The molecule has 0 bridgehead atoms. The third kappa shape index (κ3) is 1.98. The van der Waals surface area contributed by atoms with Gasteiger partial charge in [-0.2, -0.15) is 0 Å². The summed E-state index contributed by atoms with van der Waals surface area (Å²) >= 11 is 0. The zero-order chi connectivity index (χ0) is 12.6. The molecule has 1 aromatic heterocycles. The van der Waals surface area contributed by atoms with E-state index < -0.39 is 5.97 Å². The van der Waals surface area contributed by atoms with Crippen LogP contribution in [-0.2, 0) is 11.2 Å². The van der Waals surface area contributed by atoms with E-state index in [1.54, 1.807) is 12.1 Å². The van der Waals surface area contributed by atoms with Crippen LogP contribution >= 0.6 is 0 Å². The lowest BCUT2D eigenvalue weighted by Gasteiger charge is -2.08. The number of nitrogens with zero attached hydrogens (tertiary/aromatic N) is 1. The van der Waals surface area contributed by atoms with Gasteiger partial charge in [0, 0.05) is 17.6 Å². The Kier molecular flexibility index (Phi) is 2.79. The SMILES string of the molecule is CC(C)n1cc(CC(=O)O)c2c(O)cccc21. The average Bonchev–Trinajstić information content (AvgIpc) is 2.57. The van der Waals surface area contributed by atoms with E-state index in [1.807, 2.05) is 30.7 Å². The first-order chi connectivity index (χ1) is 8.00. The summed E-state index contributed by atoms with van der Waals surface area (Å²) in [5.74, 6) is -0.755. The van der Waals surface area contributed by atoms with E-state index in [1.165, 1.54) is 0 Å². The number of rotatable bonds is 3. The molecule has 1 heterocycles. The predicted octanol–water partition coefficient (Wildman–Crippen LogP) is 2.55. The molecule has 0 saturated heterocycles. The van der Waals surface area contributed by atoms with Crippen molar-refractivity contribution in [3.63, 3.8) is 0 Å². The van der Waals surface area contributed by atoms with Gasteiger partial charge in [0.05, 0.1) is 11.9 Å². The lowest BCUT2D eigenvalue weighted by molar-refractivity contribution is -0.136. The molecule has 0 aliphatic heterocycles. The van der Waals surface area contributed by atoms with Crippen molar-refractivity contribution in [2.45, 2.75) is 26.3 Å². The smallest absolute Gasteiger partial charge is 0.307 e. The molecule has 0 saturated carbocycles. The molecule has 4 nitrogen and oxygen atoms in total. The van der Waals surface area contributed by atoms with Crippen molar-refractivity contribution < 1.29 is 15.0 Å². The molecule has 17 heavy (non-hydrogen) atoms. The maximum Gasteiger partial charge on any atom is 0.307 e. The van der Waals surface area contributed by atoms with Gasteiger partial charge >= 0.3 is 5.97 Å². The molecule has 0 radical (unpaired) electrons. The normalized spacial score (nSPS) is 11.2. The first-order valence-electron chi connectivity index (χ1n) is 5.54. The molecule has 0 spiro atoms. The van der Waals surface area contributed by atoms with Crippen LogP contribution in [0, 0.1) is 0 Å². The molecule has 2 rings (SSSR count). The number of aromatic nitrogens is 1. The van der Waals surface area contributed by atoms with Crippen LogP contribution in [0.2, 0.25) is 0 Å². The van der Waals surface area contributed by atoms with Crippen LogP contribution < -0.4 is 0 Å². The van der Waals surface area contributed by atoms with Crippen molar-refractivity contribution in [1.29, 1.82) is 0 Å². The van der Waals surface area contributed by atoms with E-state index in [4.69, 9.17) is 5.11 Å². The second-order valence-electron chi connectivity index (χ2n) is 4.40. The number of phenols is 1. The maximum absolute atomic E-state index is 10.8. The summed E-state index contributed by atoms with van der Waals surface area (Å²) in [6.07, 6.45) is 1.73. The molecule has 0 aliphatic rings. The van der Waals surface area contributed by atoms with Gasteiger partial charge in [-0.15, -0.1) is 0 Å². The molecular formula is C13H15NO3. The van der Waals surface area contributed by atoms with E-state index in [0.29, 0.717) is 10.9 Å². The van der Waals surface area contributed by atoms with Gasteiger partial charge in [0.1, 0.15) is 5.75 Å². The molecule has 0 unspecified atom stereocenters. The topological polar surface area (TPSA) is 62.5 Å². The molecule has 4 heteroatoms. The summed E-state index contributed by atoms with van der Waals surface area (Å²) in [5.41, 5.74) is 1.52. The Hall–Kier alpha value is -1.97. The van der Waals surface area contributed by atoms with Gasteiger partial charge in [-0.1, -0.05) is 6.07 Å². The number of aromatic hydroxyl groups is 1. The van der Waals surface area contributed by atoms with Gasteiger partial charge in [0.15, 0.2) is 0 Å². The Morgan fingerprint density at radius 3 is 2.71 bits per heavy atom. The van der Waals surface area contributed by atoms with Crippen molar-refractivity contribution in [2.24, 2.45) is 0 Å². The first-order valence-corrected chi connectivity index (χ1v) is 5.54. The van der Waals surface area contributed by atoms with Gasteiger partial charge in [-0.25, -0.2) is 0 Å². The number of carboxylic acids is 1. The van der Waals surface area contributed by atoms with Gasteiger partial charge in [0.25, 0.3) is 0 Å². The molecule has 2 aromatic rings. The summed E-state index contributed by atoms with van der Waals surface area (Å²) in [5, 5.41) is 19.4. The second-order valence-corrected chi connectivity index (χ2v) is 4.40. The fourth-order valence-corrected chi connectivity index (χ4v) is 2.10. The first kappa shape index (κ1) is 11.5. The van der Waals surface area contributed by atoms with Crippen LogP contribution in [0.15, 0.2) is 24.4 Å². The average molecular weight is 233 g/mol. The molecule has 2 N–H and O–H groups in total. The van der Waals surface area contributed by atoms with Crippen LogP contribution in [0.1, 0.15) is 25.5 Å². The minimum atomic E-state index is -0.893. The Morgan fingerprint density at radius 2 is 2.12 bits per heavy atom. The number of aliphatic carboxylic acids is 1. The van der Waals surface area contributed by atoms with Crippen LogP contribution in [-0.4, -0.2) is 20.7 Å². The van der Waals surface area contributed by atoms with Crippen molar-refractivity contribution in [2.75, 3.05) is 0 Å². The molecule has 0 aliphatic carbocycles. The third-order valence-electron chi connectivity index (χ3n) is 2.81. The van der Waals surface area contributed by atoms with Gasteiger partial charge < -0.3 is 14.8 Å². The Labute approximate surface area is 99.1 Å². The number of carbonyl (C=O) groups is 1. The predicted molar refractivity (Wildman–Crippen MR) is 65.3 cm³/mol. The molecule has 1 aromatic carbocycles. The monoisotopic (exact) mass is 233 g/mol. The number of hydrogen-bond acceptors (Lipinski definition) is 2. The Balaban J connectivity index is 2.71.